The smallest absolute Gasteiger partial charge is 0.323 e. The highest BCUT2D eigenvalue weighted by atomic mass is 32.2. The number of halogens is 6. The monoisotopic (exact) mass is 756 g/mol. The van der Waals surface area contributed by atoms with Gasteiger partial charge in [-0.25, -0.2) is 9.78 Å². The average Bonchev–Trinajstić information content (AvgIpc) is 2.92. The van der Waals surface area contributed by atoms with Gasteiger partial charge >= 0.3 is 27.5 Å². The van der Waals surface area contributed by atoms with Crippen LogP contribution in [0.3, 0.4) is 0 Å². The largest absolute Gasteiger partial charge is 0.417 e. The van der Waals surface area contributed by atoms with Gasteiger partial charge < -0.3 is 9.79 Å². The van der Waals surface area contributed by atoms with Gasteiger partial charge in [-0.3, -0.25) is 17.5 Å². The summed E-state index contributed by atoms with van der Waals surface area (Å²) in [6.45, 7) is 6.07. The van der Waals surface area contributed by atoms with E-state index in [-0.39, 0.29) is 0 Å². The summed E-state index contributed by atoms with van der Waals surface area (Å²) in [7, 11) is -19.1. The van der Waals surface area contributed by atoms with Crippen LogP contribution in [0.1, 0.15) is 38.8 Å². The quantitative estimate of drug-likeness (QED) is 0.0769. The van der Waals surface area contributed by atoms with Crippen LogP contribution in [0.5, 0.6) is 0 Å². The lowest BCUT2D eigenvalue weighted by Gasteiger charge is -2.19. The maximum Gasteiger partial charge on any atom is 0.417 e. The average molecular weight is 757 g/mol. The third kappa shape index (κ3) is 14.4. The summed E-state index contributed by atoms with van der Waals surface area (Å²) < 4.78 is 165. The van der Waals surface area contributed by atoms with Crippen molar-refractivity contribution in [2.75, 3.05) is 12.7 Å². The van der Waals surface area contributed by atoms with E-state index in [0.29, 0.717) is 24.3 Å². The first-order valence-electron chi connectivity index (χ1n) is 12.2. The van der Waals surface area contributed by atoms with Crippen molar-refractivity contribution in [2.24, 2.45) is 0 Å². The van der Waals surface area contributed by atoms with Gasteiger partial charge in [0.1, 0.15) is 9.79 Å². The van der Waals surface area contributed by atoms with E-state index >= 15 is 0 Å². The molecule has 0 amide bonds. The van der Waals surface area contributed by atoms with E-state index in [1.54, 1.807) is 0 Å². The molecule has 0 unspecified atom stereocenters. The second kappa shape index (κ2) is 16.4. The summed E-state index contributed by atoms with van der Waals surface area (Å²) in [4.78, 5) is 23.9. The van der Waals surface area contributed by atoms with E-state index in [4.69, 9.17) is 9.79 Å². The predicted octanol–water partition coefficient (Wildman–Crippen LogP) is 5.82. The Labute approximate surface area is 259 Å². The predicted molar refractivity (Wildman–Crippen MR) is 143 cm³/mol. The zero-order valence-electron chi connectivity index (χ0n) is 24.0. The molecule has 2 aromatic carbocycles. The van der Waals surface area contributed by atoms with Crippen LogP contribution in [0, 0.1) is 0 Å². The first kappa shape index (κ1) is 42.1. The molecule has 0 aromatic heterocycles. The summed E-state index contributed by atoms with van der Waals surface area (Å²) in [5.74, 6) is 0. The van der Waals surface area contributed by atoms with Gasteiger partial charge in [0.2, 0.25) is 0 Å². The van der Waals surface area contributed by atoms with Crippen LogP contribution < -0.4 is 0 Å². The third-order valence-electron chi connectivity index (χ3n) is 4.36. The zero-order chi connectivity index (χ0) is 35.8. The molecule has 0 saturated heterocycles. The van der Waals surface area contributed by atoms with Gasteiger partial charge in [0.25, 0.3) is 20.2 Å². The highest BCUT2D eigenvalue weighted by Gasteiger charge is 2.40. The topological polar surface area (TPSA) is 198 Å². The van der Waals surface area contributed by atoms with Crippen molar-refractivity contribution in [3.8, 4) is 0 Å². The summed E-state index contributed by atoms with van der Waals surface area (Å²) in [5.41, 5.74) is -2.90. The molecule has 0 atom stereocenters. The molecule has 0 radical (unpaired) electrons. The normalized spacial score (nSPS) is 13.5. The minimum Gasteiger partial charge on any atom is -0.323 e. The van der Waals surface area contributed by atoms with Crippen LogP contribution in [-0.2, 0) is 69.2 Å². The molecule has 14 nitrogen and oxygen atoms in total. The fourth-order valence-corrected chi connectivity index (χ4v) is 7.14. The molecule has 46 heavy (non-hydrogen) atoms. The van der Waals surface area contributed by atoms with Crippen molar-refractivity contribution < 1.29 is 89.6 Å². The van der Waals surface area contributed by atoms with Crippen LogP contribution >= 0.6 is 15.2 Å². The highest BCUT2D eigenvalue weighted by Crippen LogP contribution is 2.50. The molecule has 2 aromatic rings. The number of hydrogen-bond donors (Lipinski definition) is 2. The molecule has 0 aliphatic heterocycles. The Morgan fingerprint density at radius 3 is 1.28 bits per heavy atom. The number of benzene rings is 2. The second-order valence-electron chi connectivity index (χ2n) is 9.10. The fourth-order valence-electron chi connectivity index (χ4n) is 2.60. The molecule has 0 heterocycles. The van der Waals surface area contributed by atoms with Crippen molar-refractivity contribution in [3.05, 3.63) is 59.7 Å². The van der Waals surface area contributed by atoms with Gasteiger partial charge in [0, 0.05) is 0 Å². The van der Waals surface area contributed by atoms with E-state index in [1.807, 2.05) is 0 Å². The number of rotatable bonds is 14. The van der Waals surface area contributed by atoms with Gasteiger partial charge in [-0.1, -0.05) is 24.3 Å². The molecular formula is C22H28F6O14P2S2. The number of alkyl halides is 6. The Morgan fingerprint density at radius 2 is 0.978 bits per heavy atom. The maximum absolute atomic E-state index is 13.0. The maximum atomic E-state index is 13.0. The van der Waals surface area contributed by atoms with Crippen LogP contribution in [-0.4, -0.2) is 51.5 Å². The summed E-state index contributed by atoms with van der Waals surface area (Å²) in [6.07, 6.45) is -13.8. The van der Waals surface area contributed by atoms with E-state index in [2.05, 4.69) is 27.5 Å². The van der Waals surface area contributed by atoms with E-state index < -0.39 is 93.6 Å². The third-order valence-corrected chi connectivity index (χ3v) is 8.90. The van der Waals surface area contributed by atoms with Crippen LogP contribution in [0.15, 0.2) is 58.3 Å². The van der Waals surface area contributed by atoms with Gasteiger partial charge in [-0.05, 0) is 52.0 Å². The lowest BCUT2D eigenvalue weighted by Crippen LogP contribution is -2.17. The Morgan fingerprint density at radius 1 is 0.652 bits per heavy atom. The van der Waals surface area contributed by atoms with Gasteiger partial charge in [-0.2, -0.15) is 43.2 Å². The van der Waals surface area contributed by atoms with E-state index in [0.717, 1.165) is 24.3 Å². The number of hydrogen-bond acceptors (Lipinski definition) is 12. The lowest BCUT2D eigenvalue weighted by molar-refractivity contribution is -0.292. The molecule has 2 rings (SSSR count). The molecule has 0 spiro atoms. The summed E-state index contributed by atoms with van der Waals surface area (Å²) in [5, 5.41) is 0. The molecule has 0 aliphatic rings. The minimum absolute atomic E-state index is 0.522. The first-order valence-corrected chi connectivity index (χ1v) is 18.5. The molecule has 24 heteroatoms. The Hall–Kier alpha value is -1.94. The molecule has 0 saturated carbocycles. The van der Waals surface area contributed by atoms with Crippen LogP contribution in [0.2, 0.25) is 0 Å². The Kier molecular flexibility index (Phi) is 15.0. The molecule has 0 aliphatic carbocycles. The molecule has 0 fully saturated rings. The molecular weight excluding hydrogens is 728 g/mol. The van der Waals surface area contributed by atoms with Gasteiger partial charge in [0.05, 0.1) is 23.3 Å². The summed E-state index contributed by atoms with van der Waals surface area (Å²) in [6, 6.07) is 6.56. The lowest BCUT2D eigenvalue weighted by atomic mass is 10.2. The fraction of sp³-hybridized carbons (Fsp3) is 0.455. The second-order valence-corrected chi connectivity index (χ2v) is 15.6. The minimum atomic E-state index is -4.95. The van der Waals surface area contributed by atoms with Crippen molar-refractivity contribution in [1.29, 1.82) is 0 Å². The van der Waals surface area contributed by atoms with Crippen LogP contribution in [0.4, 0.5) is 26.3 Å². The van der Waals surface area contributed by atoms with Gasteiger partial charge in [0.15, 0.2) is 12.7 Å². The summed E-state index contributed by atoms with van der Waals surface area (Å²) >= 11 is 0. The first-order chi connectivity index (χ1) is 20.7. The highest BCUT2D eigenvalue weighted by molar-refractivity contribution is 7.87. The molecule has 264 valence electrons. The van der Waals surface area contributed by atoms with Crippen LogP contribution in [0.25, 0.3) is 0 Å². The van der Waals surface area contributed by atoms with E-state index in [9.17, 15) is 52.3 Å². The van der Waals surface area contributed by atoms with Crippen molar-refractivity contribution >= 4 is 35.4 Å². The van der Waals surface area contributed by atoms with Crippen molar-refractivity contribution in [1.82, 2.24) is 0 Å². The van der Waals surface area contributed by atoms with E-state index in [1.165, 1.54) is 27.7 Å². The SMILES string of the molecule is CC(C)OOP(=O)(COS(=O)(=O)c1ccccc1C(F)(F)F)OOC(C)C.O=P(O)(O)COS(=O)(=O)c1ccccc1C(F)(F)F. The Balaban J connectivity index is 0.000000489. The zero-order valence-corrected chi connectivity index (χ0v) is 27.4. The van der Waals surface area contributed by atoms with Gasteiger partial charge in [-0.15, -0.1) is 9.35 Å². The standard InChI is InChI=1S/C14H20F3O8PS.C8H8F3O6PS/c1-10(2)22-24-26(18,25-23-11(3)4)9-21-27(19,20)13-8-6-5-7-12(13)14(15,16)17;9-8(10,11)6-3-1-2-4-7(6)19(15,16)17-5-18(12,13)14/h5-8,10-11H,9H2,1-4H3;1-4H,5H2,(H2,12,13,14). The molecule has 2 N–H and O–H groups in total. The van der Waals surface area contributed by atoms with Crippen molar-refractivity contribution in [2.45, 2.75) is 62.0 Å². The van der Waals surface area contributed by atoms with Crippen molar-refractivity contribution in [3.63, 3.8) is 0 Å². The molecule has 0 bridgehead atoms. The Bertz CT molecular complexity index is 1590.